The number of hydrogen-bond donors (Lipinski definition) is 1. The minimum absolute atomic E-state index is 0.502. The topological polar surface area (TPSA) is 24.4 Å². The lowest BCUT2D eigenvalue weighted by molar-refractivity contribution is 0.661. The van der Waals surface area contributed by atoms with Gasteiger partial charge in [-0.1, -0.05) is 18.2 Å². The summed E-state index contributed by atoms with van der Waals surface area (Å²) in [4.78, 5) is 4.63. The number of nitrogens with zero attached hydrogens (tertiary/aromatic N) is 1. The van der Waals surface area contributed by atoms with Crippen molar-refractivity contribution in [3.63, 3.8) is 0 Å². The average Bonchev–Trinajstić information content (AvgIpc) is 2.56. The van der Waals surface area contributed by atoms with Crippen LogP contribution in [0, 0.1) is 5.92 Å². The Bertz CT molecular complexity index is 358. The van der Waals surface area contributed by atoms with Crippen LogP contribution in [0.3, 0.4) is 0 Å². The number of nitrogens with one attached hydrogen (secondary N) is 1. The molecule has 0 aromatic rings. The summed E-state index contributed by atoms with van der Waals surface area (Å²) < 4.78 is 0. The summed E-state index contributed by atoms with van der Waals surface area (Å²) in [5.41, 5.74) is 4.05. The first-order valence-electron chi connectivity index (χ1n) is 4.81. The molecule has 1 unspecified atom stereocenters. The van der Waals surface area contributed by atoms with Gasteiger partial charge in [-0.05, 0) is 24.6 Å². The predicted octanol–water partition coefficient (Wildman–Crippen LogP) is 1.43. The van der Waals surface area contributed by atoms with Gasteiger partial charge in [0.25, 0.3) is 0 Å². The van der Waals surface area contributed by atoms with Crippen LogP contribution in [0.4, 0.5) is 0 Å². The molecule has 2 heteroatoms. The zero-order valence-corrected chi connectivity index (χ0v) is 7.46. The molecule has 0 spiro atoms. The molecule has 1 aliphatic carbocycles. The van der Waals surface area contributed by atoms with Gasteiger partial charge in [0.15, 0.2) is 0 Å². The van der Waals surface area contributed by atoms with Crippen LogP contribution in [0.1, 0.15) is 6.42 Å². The third-order valence-corrected chi connectivity index (χ3v) is 2.87. The molecule has 13 heavy (non-hydrogen) atoms. The van der Waals surface area contributed by atoms with Crippen LogP contribution in [-0.4, -0.2) is 18.8 Å². The molecule has 0 bridgehead atoms. The standard InChI is InChI=1S/C11H12N2/c1-2-4-10-8(3-1)9-5-6-12-7-11(9)13-10/h1-4,8,12H,5-7H2. The molecule has 0 radical (unpaired) electrons. The molecule has 2 heterocycles. The Kier molecular flexibility index (Phi) is 1.49. The minimum atomic E-state index is 0.502. The number of fused-ring (bicyclic) bond motifs is 2. The summed E-state index contributed by atoms with van der Waals surface area (Å²) >= 11 is 0. The molecule has 0 fully saturated rings. The second kappa shape index (κ2) is 2.67. The molecule has 1 N–H and O–H groups in total. The van der Waals surface area contributed by atoms with E-state index in [9.17, 15) is 0 Å². The van der Waals surface area contributed by atoms with Crippen molar-refractivity contribution in [3.05, 3.63) is 35.6 Å². The molecule has 3 aliphatic rings. The highest BCUT2D eigenvalue weighted by Crippen LogP contribution is 2.32. The largest absolute Gasteiger partial charge is 0.311 e. The van der Waals surface area contributed by atoms with Crippen LogP contribution < -0.4 is 5.32 Å². The molecule has 3 rings (SSSR count). The van der Waals surface area contributed by atoms with E-state index in [4.69, 9.17) is 0 Å². The van der Waals surface area contributed by atoms with Gasteiger partial charge in [0.2, 0.25) is 0 Å². The van der Waals surface area contributed by atoms with E-state index in [2.05, 4.69) is 34.6 Å². The number of allylic oxidation sites excluding steroid dienone is 4. The summed E-state index contributed by atoms with van der Waals surface area (Å²) in [6.45, 7) is 2.06. The van der Waals surface area contributed by atoms with Crippen molar-refractivity contribution >= 4 is 5.71 Å². The lowest BCUT2D eigenvalue weighted by atomic mass is 9.89. The Balaban J connectivity index is 2.03. The average molecular weight is 172 g/mol. The molecular formula is C11H12N2. The van der Waals surface area contributed by atoms with Crippen LogP contribution in [0.25, 0.3) is 0 Å². The monoisotopic (exact) mass is 172 g/mol. The smallest absolute Gasteiger partial charge is 0.0547 e. The first-order chi connectivity index (χ1) is 6.45. The fourth-order valence-corrected chi connectivity index (χ4v) is 2.22. The summed E-state index contributed by atoms with van der Waals surface area (Å²) in [5, 5.41) is 3.35. The van der Waals surface area contributed by atoms with Crippen molar-refractivity contribution in [2.24, 2.45) is 10.9 Å². The van der Waals surface area contributed by atoms with Gasteiger partial charge in [0.1, 0.15) is 0 Å². The molecule has 0 saturated heterocycles. The molecule has 0 saturated carbocycles. The van der Waals surface area contributed by atoms with E-state index in [1.807, 2.05) is 0 Å². The second-order valence-electron chi connectivity index (χ2n) is 3.66. The SMILES string of the molecule is C1=CC2=NC3=C(CCNC3)C2C=C1. The molecule has 1 atom stereocenters. The first-order valence-corrected chi connectivity index (χ1v) is 4.81. The zero-order valence-electron chi connectivity index (χ0n) is 7.46. The lowest BCUT2D eigenvalue weighted by Crippen LogP contribution is -2.25. The number of hydrogen-bond acceptors (Lipinski definition) is 2. The van der Waals surface area contributed by atoms with E-state index >= 15 is 0 Å². The molecule has 0 amide bonds. The highest BCUT2D eigenvalue weighted by atomic mass is 14.9. The molecular weight excluding hydrogens is 160 g/mol. The Morgan fingerprint density at radius 2 is 2.38 bits per heavy atom. The molecule has 0 aromatic carbocycles. The van der Waals surface area contributed by atoms with E-state index < -0.39 is 0 Å². The van der Waals surface area contributed by atoms with Gasteiger partial charge in [-0.2, -0.15) is 0 Å². The van der Waals surface area contributed by atoms with E-state index in [1.165, 1.54) is 17.0 Å². The van der Waals surface area contributed by atoms with Gasteiger partial charge in [0, 0.05) is 12.5 Å². The van der Waals surface area contributed by atoms with Gasteiger partial charge in [-0.3, -0.25) is 4.99 Å². The van der Waals surface area contributed by atoms with Crippen molar-refractivity contribution in [1.82, 2.24) is 5.32 Å². The third kappa shape index (κ3) is 1.02. The quantitative estimate of drug-likeness (QED) is 0.587. The van der Waals surface area contributed by atoms with Gasteiger partial charge in [-0.25, -0.2) is 0 Å². The fraction of sp³-hybridized carbons (Fsp3) is 0.364. The maximum absolute atomic E-state index is 4.63. The van der Waals surface area contributed by atoms with Crippen LogP contribution in [0.2, 0.25) is 0 Å². The number of aliphatic imine (C=N–C) groups is 1. The maximum Gasteiger partial charge on any atom is 0.0547 e. The molecule has 0 aromatic heterocycles. The van der Waals surface area contributed by atoms with Crippen molar-refractivity contribution in [2.45, 2.75) is 6.42 Å². The van der Waals surface area contributed by atoms with Crippen molar-refractivity contribution < 1.29 is 0 Å². The van der Waals surface area contributed by atoms with Gasteiger partial charge < -0.3 is 5.32 Å². The maximum atomic E-state index is 4.63. The second-order valence-corrected chi connectivity index (χ2v) is 3.66. The normalized spacial score (nSPS) is 30.2. The van der Waals surface area contributed by atoms with Crippen LogP contribution in [-0.2, 0) is 0 Å². The highest BCUT2D eigenvalue weighted by molar-refractivity contribution is 6.03. The summed E-state index contributed by atoms with van der Waals surface area (Å²) in [7, 11) is 0. The van der Waals surface area contributed by atoms with E-state index in [1.54, 1.807) is 0 Å². The summed E-state index contributed by atoms with van der Waals surface area (Å²) in [5.74, 6) is 0.502. The van der Waals surface area contributed by atoms with Crippen molar-refractivity contribution in [2.75, 3.05) is 13.1 Å². The Hall–Kier alpha value is -1.15. The van der Waals surface area contributed by atoms with Crippen molar-refractivity contribution in [1.29, 1.82) is 0 Å². The number of rotatable bonds is 0. The van der Waals surface area contributed by atoms with Crippen LogP contribution in [0.15, 0.2) is 40.6 Å². The van der Waals surface area contributed by atoms with E-state index in [-0.39, 0.29) is 0 Å². The van der Waals surface area contributed by atoms with Crippen LogP contribution >= 0.6 is 0 Å². The molecule has 2 nitrogen and oxygen atoms in total. The zero-order chi connectivity index (χ0) is 8.67. The van der Waals surface area contributed by atoms with E-state index in [0.29, 0.717) is 5.92 Å². The predicted molar refractivity (Wildman–Crippen MR) is 53.7 cm³/mol. The molecule has 66 valence electrons. The first kappa shape index (κ1) is 7.27. The lowest BCUT2D eigenvalue weighted by Gasteiger charge is -2.18. The van der Waals surface area contributed by atoms with Gasteiger partial charge >= 0.3 is 0 Å². The Morgan fingerprint density at radius 1 is 1.38 bits per heavy atom. The highest BCUT2D eigenvalue weighted by Gasteiger charge is 2.28. The van der Waals surface area contributed by atoms with E-state index in [0.717, 1.165) is 19.5 Å². The fourth-order valence-electron chi connectivity index (χ4n) is 2.22. The summed E-state index contributed by atoms with van der Waals surface area (Å²) in [6.07, 6.45) is 9.74. The van der Waals surface area contributed by atoms with Crippen molar-refractivity contribution in [3.8, 4) is 0 Å². The Morgan fingerprint density at radius 3 is 3.38 bits per heavy atom. The third-order valence-electron chi connectivity index (χ3n) is 2.87. The Labute approximate surface area is 77.7 Å². The molecule has 2 aliphatic heterocycles. The summed E-state index contributed by atoms with van der Waals surface area (Å²) in [6, 6.07) is 0. The minimum Gasteiger partial charge on any atom is -0.311 e. The van der Waals surface area contributed by atoms with Gasteiger partial charge in [-0.15, -0.1) is 0 Å². The van der Waals surface area contributed by atoms with Gasteiger partial charge in [0.05, 0.1) is 11.4 Å². The van der Waals surface area contributed by atoms with Crippen LogP contribution in [0.5, 0.6) is 0 Å².